The van der Waals surface area contributed by atoms with Crippen molar-refractivity contribution in [2.75, 3.05) is 0 Å². The van der Waals surface area contributed by atoms with E-state index in [1.54, 1.807) is 6.92 Å². The Morgan fingerprint density at radius 3 is 1.67 bits per heavy atom. The highest BCUT2D eigenvalue weighted by Gasteiger charge is 2.65. The average molecular weight is 247 g/mol. The predicted molar refractivity (Wildman–Crippen MR) is 50.4 cm³/mol. The quantitative estimate of drug-likeness (QED) is 0.772. The first-order chi connectivity index (χ1) is 6.40. The van der Waals surface area contributed by atoms with E-state index in [2.05, 4.69) is 0 Å². The largest absolute Gasteiger partial charge is 0.324 e. The van der Waals surface area contributed by atoms with Crippen LogP contribution in [0.3, 0.4) is 0 Å². The first kappa shape index (κ1) is 12.3. The lowest BCUT2D eigenvalue weighted by Gasteiger charge is -2.40. The van der Waals surface area contributed by atoms with E-state index in [0.717, 1.165) is 12.1 Å². The van der Waals surface area contributed by atoms with Crippen LogP contribution in [0.15, 0.2) is 29.2 Å². The van der Waals surface area contributed by atoms with Crippen LogP contribution in [0.2, 0.25) is 0 Å². The number of hydrogen-bond acceptors (Lipinski definition) is 1. The van der Waals surface area contributed by atoms with Crippen molar-refractivity contribution in [3.63, 3.8) is 0 Å². The Labute approximate surface area is 83.8 Å². The Morgan fingerprint density at radius 2 is 1.40 bits per heavy atom. The van der Waals surface area contributed by atoms with Gasteiger partial charge in [0.15, 0.2) is 0 Å². The summed E-state index contributed by atoms with van der Waals surface area (Å²) in [6.07, 6.45) is 0. The minimum atomic E-state index is -9.53. The third kappa shape index (κ3) is 3.07. The van der Waals surface area contributed by atoms with Gasteiger partial charge in [-0.05, 0) is 24.6 Å². The van der Waals surface area contributed by atoms with Crippen LogP contribution in [0.25, 0.3) is 0 Å². The van der Waals surface area contributed by atoms with E-state index >= 15 is 0 Å². The molecule has 0 fully saturated rings. The lowest BCUT2D eigenvalue weighted by Crippen LogP contribution is -2.08. The molecule has 0 heterocycles. The minimum Gasteiger partial charge on any atom is -0.324 e. The lowest BCUT2D eigenvalue weighted by molar-refractivity contribution is 0.364. The van der Waals surface area contributed by atoms with E-state index in [1.807, 2.05) is 0 Å². The van der Waals surface area contributed by atoms with E-state index in [4.69, 9.17) is 5.73 Å². The maximum Gasteiger partial charge on any atom is 0.310 e. The standard InChI is InChI=1S/C8H10F5NS/c1-6(14)7-2-4-8(5-3-7)15(9,10,11,12)13/h2-6H,14H2,1H3/t6-/m1/s1. The van der Waals surface area contributed by atoms with Gasteiger partial charge in [0.1, 0.15) is 4.90 Å². The van der Waals surface area contributed by atoms with E-state index in [9.17, 15) is 19.4 Å². The van der Waals surface area contributed by atoms with Crippen LogP contribution in [0.1, 0.15) is 18.5 Å². The Bertz CT molecular complexity index is 365. The molecule has 0 bridgehead atoms. The lowest BCUT2D eigenvalue weighted by atomic mass is 10.1. The zero-order valence-corrected chi connectivity index (χ0v) is 8.58. The maximum absolute atomic E-state index is 12.2. The Balaban J connectivity index is 3.23. The first-order valence-electron chi connectivity index (χ1n) is 4.00. The third-order valence-corrected chi connectivity index (χ3v) is 3.01. The van der Waals surface area contributed by atoms with Crippen molar-refractivity contribution in [1.29, 1.82) is 0 Å². The van der Waals surface area contributed by atoms with E-state index in [-0.39, 0.29) is 0 Å². The highest BCUT2D eigenvalue weighted by atomic mass is 32.5. The van der Waals surface area contributed by atoms with Crippen LogP contribution in [0.5, 0.6) is 0 Å². The molecule has 1 aromatic carbocycles. The molecule has 0 aromatic heterocycles. The van der Waals surface area contributed by atoms with Crippen LogP contribution in [0, 0.1) is 0 Å². The monoisotopic (exact) mass is 247 g/mol. The molecule has 0 spiro atoms. The molecule has 15 heavy (non-hydrogen) atoms. The summed E-state index contributed by atoms with van der Waals surface area (Å²) in [7, 11) is -9.53. The SMILES string of the molecule is C[C@@H](N)c1ccc(S(F)(F)(F)(F)F)cc1. The molecular weight excluding hydrogens is 237 g/mol. The Morgan fingerprint density at radius 1 is 1.00 bits per heavy atom. The fourth-order valence-electron chi connectivity index (χ4n) is 1.03. The van der Waals surface area contributed by atoms with Crippen molar-refractivity contribution < 1.29 is 19.4 Å². The van der Waals surface area contributed by atoms with E-state index in [0.29, 0.717) is 17.7 Å². The first-order valence-corrected chi connectivity index (χ1v) is 5.95. The topological polar surface area (TPSA) is 26.0 Å². The van der Waals surface area contributed by atoms with Crippen molar-refractivity contribution in [3.05, 3.63) is 29.8 Å². The van der Waals surface area contributed by atoms with Gasteiger partial charge in [-0.3, -0.25) is 0 Å². The van der Waals surface area contributed by atoms with Crippen molar-refractivity contribution >= 4 is 10.2 Å². The fourth-order valence-corrected chi connectivity index (χ4v) is 1.68. The molecular formula is C8H10F5NS. The van der Waals surface area contributed by atoms with Gasteiger partial charge in [-0.1, -0.05) is 31.6 Å². The molecule has 0 aliphatic rings. The van der Waals surface area contributed by atoms with Gasteiger partial charge in [-0.15, -0.1) is 0 Å². The van der Waals surface area contributed by atoms with Crippen molar-refractivity contribution in [2.24, 2.45) is 5.73 Å². The van der Waals surface area contributed by atoms with Crippen LogP contribution in [0.4, 0.5) is 19.4 Å². The molecule has 0 saturated heterocycles. The number of benzene rings is 1. The average Bonchev–Trinajstić information content (AvgIpc) is 2.00. The summed E-state index contributed by atoms with van der Waals surface area (Å²) in [5.41, 5.74) is 5.76. The summed E-state index contributed by atoms with van der Waals surface area (Å²) in [4.78, 5) is -1.89. The van der Waals surface area contributed by atoms with Crippen molar-refractivity contribution in [2.45, 2.75) is 17.9 Å². The second kappa shape index (κ2) is 2.65. The zero-order valence-electron chi connectivity index (χ0n) is 7.76. The maximum atomic E-state index is 12.2. The smallest absolute Gasteiger partial charge is 0.310 e. The second-order valence-electron chi connectivity index (χ2n) is 3.33. The Kier molecular flexibility index (Phi) is 2.16. The van der Waals surface area contributed by atoms with Gasteiger partial charge in [0, 0.05) is 6.04 Å². The summed E-state index contributed by atoms with van der Waals surface area (Å²) in [6, 6.07) is 2.15. The molecule has 1 aromatic rings. The molecule has 1 rings (SSSR count). The van der Waals surface area contributed by atoms with Crippen LogP contribution < -0.4 is 5.73 Å². The molecule has 88 valence electrons. The zero-order chi connectivity index (χ0) is 12.0. The molecule has 0 unspecified atom stereocenters. The number of halogens is 5. The van der Waals surface area contributed by atoms with Gasteiger partial charge in [-0.25, -0.2) is 0 Å². The van der Waals surface area contributed by atoms with Gasteiger partial charge < -0.3 is 5.73 Å². The fraction of sp³-hybridized carbons (Fsp3) is 0.250. The van der Waals surface area contributed by atoms with Crippen molar-refractivity contribution in [1.82, 2.24) is 0 Å². The molecule has 0 saturated carbocycles. The van der Waals surface area contributed by atoms with Crippen molar-refractivity contribution in [3.8, 4) is 0 Å². The van der Waals surface area contributed by atoms with E-state index in [1.165, 1.54) is 0 Å². The molecule has 0 radical (unpaired) electrons. The van der Waals surface area contributed by atoms with Gasteiger partial charge >= 0.3 is 10.2 Å². The van der Waals surface area contributed by atoms with Crippen LogP contribution in [-0.4, -0.2) is 0 Å². The summed E-state index contributed by atoms with van der Waals surface area (Å²) >= 11 is 0. The molecule has 7 heteroatoms. The molecule has 1 atom stereocenters. The van der Waals surface area contributed by atoms with Gasteiger partial charge in [-0.2, -0.15) is 0 Å². The third-order valence-electron chi connectivity index (χ3n) is 1.85. The molecule has 0 aliphatic carbocycles. The molecule has 1 nitrogen and oxygen atoms in total. The molecule has 2 N–H and O–H groups in total. The highest BCUT2D eigenvalue weighted by Crippen LogP contribution is 3.02. The summed E-state index contributed by atoms with van der Waals surface area (Å²) in [6.45, 7) is 1.55. The second-order valence-corrected chi connectivity index (χ2v) is 5.74. The number of rotatable bonds is 2. The molecule has 0 amide bonds. The predicted octanol–water partition coefficient (Wildman–Crippen LogP) is 4.36. The summed E-state index contributed by atoms with van der Waals surface area (Å²) in [5, 5.41) is 0. The van der Waals surface area contributed by atoms with Crippen LogP contribution in [-0.2, 0) is 0 Å². The number of hydrogen-bond donors (Lipinski definition) is 1. The summed E-state index contributed by atoms with van der Waals surface area (Å²) in [5.74, 6) is 0. The molecule has 0 aliphatic heterocycles. The van der Waals surface area contributed by atoms with Gasteiger partial charge in [0.05, 0.1) is 0 Å². The highest BCUT2D eigenvalue weighted by molar-refractivity contribution is 8.45. The number of nitrogens with two attached hydrogens (primary N) is 1. The minimum absolute atomic E-state index is 0.361. The van der Waals surface area contributed by atoms with Gasteiger partial charge in [0.25, 0.3) is 0 Å². The normalized spacial score (nSPS) is 19.1. The Hall–Kier alpha value is -0.820. The van der Waals surface area contributed by atoms with E-state index < -0.39 is 21.2 Å². The van der Waals surface area contributed by atoms with Crippen LogP contribution >= 0.6 is 10.2 Å². The summed E-state index contributed by atoms with van der Waals surface area (Å²) < 4.78 is 61.2. The van der Waals surface area contributed by atoms with Gasteiger partial charge in [0.2, 0.25) is 0 Å².